The number of hydrogen-bond acceptors (Lipinski definition) is 12. The third kappa shape index (κ3) is 2.35. The molecule has 0 aromatic rings. The van der Waals surface area contributed by atoms with E-state index < -0.39 is 62.4 Å². The van der Waals surface area contributed by atoms with Gasteiger partial charge in [0, 0.05) is 0 Å². The van der Waals surface area contributed by atoms with Crippen LogP contribution in [0.15, 0.2) is 0 Å². The molecule has 14 heteroatoms. The summed E-state index contributed by atoms with van der Waals surface area (Å²) in [4.78, 5) is 69.5. The molecule has 0 aliphatic carbocycles. The van der Waals surface area contributed by atoms with Gasteiger partial charge in [0.2, 0.25) is 0 Å². The molecule has 0 radical (unpaired) electrons. The predicted molar refractivity (Wildman–Crippen MR) is 57.3 cm³/mol. The fourth-order valence-electron chi connectivity index (χ4n) is 2.07. The maximum Gasteiger partial charge on any atom is 1.00 e. The molecule has 3 aliphatic heterocycles. The molecule has 1 spiro atoms. The molecule has 0 bridgehead atoms. The van der Waals surface area contributed by atoms with E-state index in [1.54, 1.807) is 0 Å². The average Bonchev–Trinajstić information content (AvgIpc) is 2.20. The molecule has 0 unspecified atom stereocenters. The van der Waals surface area contributed by atoms with Crippen LogP contribution >= 0.6 is 7.31 Å². The minimum atomic E-state index is -7.26. The molecule has 3 heterocycles. The second kappa shape index (κ2) is 4.44. The molecule has 3 fully saturated rings. The first-order valence-corrected chi connectivity index (χ1v) is 7.86. The maximum absolute atomic E-state index is 11.6. The van der Waals surface area contributed by atoms with Crippen molar-refractivity contribution in [1.82, 2.24) is 0 Å². The van der Waals surface area contributed by atoms with E-state index in [0.717, 1.165) is 0 Å². The largest absolute Gasteiger partial charge is 1.00 e. The first-order chi connectivity index (χ1) is 10.1. The van der Waals surface area contributed by atoms with Crippen LogP contribution in [0, 0.1) is 0 Å². The number of carbonyl (C=O) groups excluding carboxylic acids is 6. The minimum Gasteiger partial charge on any atom is 1.00 e. The summed E-state index contributed by atoms with van der Waals surface area (Å²) in [6.45, 7) is 0. The van der Waals surface area contributed by atoms with Gasteiger partial charge in [-0.1, -0.05) is 0 Å². The Balaban J connectivity index is 0.00000192. The van der Waals surface area contributed by atoms with Gasteiger partial charge in [0.05, 0.1) is 0 Å². The molecule has 0 aromatic carbocycles. The maximum atomic E-state index is 11.6. The molecule has 12 nitrogen and oxygen atoms in total. The van der Waals surface area contributed by atoms with E-state index in [1.807, 2.05) is 0 Å². The Morgan fingerprint density at radius 1 is 0.478 bits per heavy atom. The van der Waals surface area contributed by atoms with Crippen LogP contribution in [0.3, 0.4) is 0 Å². The summed E-state index contributed by atoms with van der Waals surface area (Å²) in [5, 5.41) is 0. The number of carbonyl (C=O) groups is 6. The fourth-order valence-corrected chi connectivity index (χ4v) is 5.51. The van der Waals surface area contributed by atoms with Crippen molar-refractivity contribution in [3.63, 3.8) is 0 Å². The fraction of sp³-hybridized carbons (Fsp3) is 0.333. The molecule has 0 atom stereocenters. The summed E-state index contributed by atoms with van der Waals surface area (Å²) in [6.07, 6.45) is -2.93. The van der Waals surface area contributed by atoms with E-state index in [1.165, 1.54) is 0 Å². The third-order valence-corrected chi connectivity index (χ3v) is 6.05. The van der Waals surface area contributed by atoms with Crippen LogP contribution in [-0.4, -0.2) is 35.8 Å². The van der Waals surface area contributed by atoms with Crippen LogP contribution in [0.5, 0.6) is 0 Å². The smallest absolute Gasteiger partial charge is 1.00 e. The molecule has 0 saturated carbocycles. The zero-order valence-electron chi connectivity index (χ0n) is 11.5. The van der Waals surface area contributed by atoms with Crippen molar-refractivity contribution in [2.24, 2.45) is 0 Å². The molecule has 3 aliphatic rings. The van der Waals surface area contributed by atoms with Crippen molar-refractivity contribution in [2.45, 2.75) is 19.3 Å². The van der Waals surface area contributed by atoms with E-state index in [0.29, 0.717) is 0 Å². The van der Waals surface area contributed by atoms with E-state index >= 15 is 0 Å². The van der Waals surface area contributed by atoms with Crippen LogP contribution in [0.2, 0.25) is 0 Å². The summed E-state index contributed by atoms with van der Waals surface area (Å²) >= 11 is 0. The van der Waals surface area contributed by atoms with Gasteiger partial charge < -0.3 is 0 Å². The van der Waals surface area contributed by atoms with Crippen LogP contribution in [0.25, 0.3) is 0 Å². The molecule has 0 amide bonds. The van der Waals surface area contributed by atoms with E-state index in [2.05, 4.69) is 27.1 Å². The second-order valence-corrected chi connectivity index (χ2v) is 7.76. The molecule has 0 aromatic heterocycles. The second-order valence-electron chi connectivity index (χ2n) is 4.43. The molecule has 120 valence electrons. The van der Waals surface area contributed by atoms with Crippen molar-refractivity contribution in [1.29, 1.82) is 0 Å². The topological polar surface area (TPSA) is 158 Å². The zero-order valence-corrected chi connectivity index (χ0v) is 12.4. The molecule has 3 rings (SSSR count). The van der Waals surface area contributed by atoms with Gasteiger partial charge in [-0.15, -0.1) is 0 Å². The summed E-state index contributed by atoms with van der Waals surface area (Å²) in [5.74, 6) is -8.68. The van der Waals surface area contributed by atoms with Crippen LogP contribution in [-0.2, 0) is 55.9 Å². The van der Waals surface area contributed by atoms with Crippen LogP contribution < -0.4 is 18.9 Å². The molecule has 0 N–H and O–H groups in total. The van der Waals surface area contributed by atoms with Crippen molar-refractivity contribution >= 4 is 43.1 Å². The van der Waals surface area contributed by atoms with E-state index in [4.69, 9.17) is 0 Å². The Bertz CT molecular complexity index is 545. The number of rotatable bonds is 0. The average molecular weight is 344 g/mol. The van der Waals surface area contributed by atoms with Gasteiger partial charge in [-0.2, -0.15) is 0 Å². The summed E-state index contributed by atoms with van der Waals surface area (Å²) in [7, 11) is -7.26. The molecule has 23 heavy (non-hydrogen) atoms. The molecule has 3 saturated heterocycles. The Hall–Kier alpha value is -2.15. The zero-order chi connectivity index (χ0) is 16.2. The third-order valence-electron chi connectivity index (χ3n) is 2.59. The molecular formula is C9H6LiO12P. The Morgan fingerprint density at radius 2 is 0.652 bits per heavy atom. The van der Waals surface area contributed by atoms with Crippen molar-refractivity contribution < 1.29 is 74.8 Å². The first kappa shape index (κ1) is 17.2. The Kier molecular flexibility index (Phi) is 3.32. The SMILES string of the molecule is O=C1CC(=O)O[P-]23(O1)(OC(=O)CC(=O)O2)OC(=O)CC(=O)O3.[Li+]. The van der Waals surface area contributed by atoms with Gasteiger partial charge in [0.25, 0.3) is 0 Å². The summed E-state index contributed by atoms with van der Waals surface area (Å²) < 4.78 is 27.4. The van der Waals surface area contributed by atoms with Crippen molar-refractivity contribution in [3.8, 4) is 0 Å². The van der Waals surface area contributed by atoms with E-state index in [9.17, 15) is 28.8 Å². The quantitative estimate of drug-likeness (QED) is 0.239. The summed E-state index contributed by atoms with van der Waals surface area (Å²) in [6, 6.07) is 0. The normalized spacial score (nSPS) is 29.7. The first-order valence-electron chi connectivity index (χ1n) is 5.67. The standard InChI is InChI=1S/C9H6O12P.Li/c10-4-1-5(11)17-22(16-4,18-6(12)2-7(13)19-22)20-8(14)3-9(15)21-22;/h1-3H2;/q-1;+1. The van der Waals surface area contributed by atoms with Gasteiger partial charge >= 0.3 is 137 Å². The van der Waals surface area contributed by atoms with Crippen molar-refractivity contribution in [3.05, 3.63) is 0 Å². The van der Waals surface area contributed by atoms with Gasteiger partial charge in [-0.25, -0.2) is 0 Å². The Morgan fingerprint density at radius 3 is 0.826 bits per heavy atom. The number of hydrogen-bond donors (Lipinski definition) is 0. The van der Waals surface area contributed by atoms with Crippen molar-refractivity contribution in [2.75, 3.05) is 0 Å². The van der Waals surface area contributed by atoms with Gasteiger partial charge in [-0.05, 0) is 0 Å². The summed E-state index contributed by atoms with van der Waals surface area (Å²) in [5.41, 5.74) is 0. The van der Waals surface area contributed by atoms with Crippen LogP contribution in [0.1, 0.15) is 19.3 Å². The van der Waals surface area contributed by atoms with Crippen LogP contribution in [0.4, 0.5) is 0 Å². The van der Waals surface area contributed by atoms with Gasteiger partial charge in [0.1, 0.15) is 0 Å². The van der Waals surface area contributed by atoms with Gasteiger partial charge in [-0.3, -0.25) is 0 Å². The monoisotopic (exact) mass is 344 g/mol. The Labute approximate surface area is 137 Å². The van der Waals surface area contributed by atoms with Gasteiger partial charge in [0.15, 0.2) is 0 Å². The van der Waals surface area contributed by atoms with E-state index in [-0.39, 0.29) is 18.9 Å². The molecular weight excluding hydrogens is 338 g/mol. The minimum absolute atomic E-state index is 0. The predicted octanol–water partition coefficient (Wildman–Crippen LogP) is -3.96.